The molecular weight excluding hydrogens is 278 g/mol. The van der Waals surface area contributed by atoms with Gasteiger partial charge in [-0.05, 0) is 32.0 Å². The van der Waals surface area contributed by atoms with Crippen LogP contribution in [0.4, 0.5) is 0 Å². The van der Waals surface area contributed by atoms with E-state index in [1.807, 2.05) is 30.1 Å². The number of para-hydroxylation sites is 1. The number of likely N-dealkylation sites (N-methyl/N-ethyl adjacent to an activating group) is 1. The monoisotopic (exact) mass is 299 g/mol. The first-order valence-electron chi connectivity index (χ1n) is 7.59. The van der Waals surface area contributed by atoms with Crippen molar-refractivity contribution >= 4 is 5.97 Å². The summed E-state index contributed by atoms with van der Waals surface area (Å²) in [4.78, 5) is 13.3. The number of ether oxygens (including phenoxy) is 1. The van der Waals surface area contributed by atoms with E-state index in [4.69, 9.17) is 4.74 Å². The Morgan fingerprint density at radius 2 is 2.23 bits per heavy atom. The topological polar surface area (TPSA) is 47.4 Å². The van der Waals surface area contributed by atoms with Crippen LogP contribution in [0.1, 0.15) is 24.0 Å². The first-order valence-corrected chi connectivity index (χ1v) is 7.59. The van der Waals surface area contributed by atoms with Gasteiger partial charge in [0.15, 0.2) is 0 Å². The van der Waals surface area contributed by atoms with Crippen molar-refractivity contribution in [2.24, 2.45) is 0 Å². The highest BCUT2D eigenvalue weighted by atomic mass is 16.5. The van der Waals surface area contributed by atoms with Gasteiger partial charge < -0.3 is 4.74 Å². The highest BCUT2D eigenvalue weighted by molar-refractivity contribution is 5.71. The molecule has 5 nitrogen and oxygen atoms in total. The van der Waals surface area contributed by atoms with Crippen molar-refractivity contribution in [3.05, 3.63) is 47.8 Å². The van der Waals surface area contributed by atoms with Crippen LogP contribution in [0.5, 0.6) is 0 Å². The predicted octanol–water partition coefficient (Wildman–Crippen LogP) is 2.32. The van der Waals surface area contributed by atoms with E-state index in [0.29, 0.717) is 6.42 Å². The molecule has 0 N–H and O–H groups in total. The Hall–Kier alpha value is -2.14. The lowest BCUT2D eigenvalue weighted by Gasteiger charge is -2.19. The summed E-state index contributed by atoms with van der Waals surface area (Å²) in [5.41, 5.74) is 3.44. The van der Waals surface area contributed by atoms with Crippen molar-refractivity contribution in [3.8, 4) is 5.69 Å². The summed E-state index contributed by atoms with van der Waals surface area (Å²) >= 11 is 0. The van der Waals surface area contributed by atoms with Crippen molar-refractivity contribution in [1.29, 1.82) is 0 Å². The molecule has 0 amide bonds. The number of hydrogen-bond donors (Lipinski definition) is 0. The number of nitrogens with zero attached hydrogens (tertiary/aromatic N) is 3. The van der Waals surface area contributed by atoms with Gasteiger partial charge in [-0.15, -0.1) is 0 Å². The molecule has 1 fully saturated rings. The molecule has 1 aromatic heterocycles. The number of aryl methyl sites for hydroxylation is 1. The van der Waals surface area contributed by atoms with E-state index in [0.717, 1.165) is 30.8 Å². The van der Waals surface area contributed by atoms with Crippen LogP contribution in [0.3, 0.4) is 0 Å². The normalized spacial score (nSPS) is 18.0. The van der Waals surface area contributed by atoms with Gasteiger partial charge in [0.25, 0.3) is 0 Å². The van der Waals surface area contributed by atoms with Gasteiger partial charge in [-0.25, -0.2) is 4.68 Å². The Kier molecular flexibility index (Phi) is 4.24. The highest BCUT2D eigenvalue weighted by Crippen LogP contribution is 2.16. The van der Waals surface area contributed by atoms with E-state index in [2.05, 4.69) is 35.3 Å². The van der Waals surface area contributed by atoms with Crippen LogP contribution in [-0.4, -0.2) is 40.3 Å². The lowest BCUT2D eigenvalue weighted by atomic mass is 10.2. The van der Waals surface area contributed by atoms with Crippen molar-refractivity contribution in [1.82, 2.24) is 14.7 Å². The summed E-state index contributed by atoms with van der Waals surface area (Å²) in [6.07, 6.45) is 5.35. The molecule has 0 spiro atoms. The van der Waals surface area contributed by atoms with Gasteiger partial charge in [-0.2, -0.15) is 5.10 Å². The molecule has 1 atom stereocenters. The molecule has 0 radical (unpaired) electrons. The second-order valence-corrected chi connectivity index (χ2v) is 5.93. The average molecular weight is 299 g/mol. The third kappa shape index (κ3) is 3.36. The minimum absolute atomic E-state index is 0.0314. The van der Waals surface area contributed by atoms with Gasteiger partial charge in [0.05, 0.1) is 11.9 Å². The quantitative estimate of drug-likeness (QED) is 0.795. The highest BCUT2D eigenvalue weighted by Gasteiger charge is 2.24. The van der Waals surface area contributed by atoms with Crippen LogP contribution in [-0.2, 0) is 16.1 Å². The fourth-order valence-corrected chi connectivity index (χ4v) is 2.83. The molecule has 22 heavy (non-hydrogen) atoms. The maximum Gasteiger partial charge on any atom is 0.306 e. The van der Waals surface area contributed by atoms with E-state index >= 15 is 0 Å². The van der Waals surface area contributed by atoms with Gasteiger partial charge in [0.1, 0.15) is 6.10 Å². The van der Waals surface area contributed by atoms with E-state index < -0.39 is 0 Å². The predicted molar refractivity (Wildman–Crippen MR) is 83.7 cm³/mol. The number of benzene rings is 1. The largest absolute Gasteiger partial charge is 0.461 e. The Morgan fingerprint density at radius 3 is 2.95 bits per heavy atom. The average Bonchev–Trinajstić information content (AvgIpc) is 3.09. The summed E-state index contributed by atoms with van der Waals surface area (Å²) in [5.74, 6) is -0.0780. The number of esters is 1. The van der Waals surface area contributed by atoms with Crippen LogP contribution >= 0.6 is 0 Å². The van der Waals surface area contributed by atoms with Crippen molar-refractivity contribution in [2.45, 2.75) is 32.4 Å². The van der Waals surface area contributed by atoms with Gasteiger partial charge >= 0.3 is 5.97 Å². The smallest absolute Gasteiger partial charge is 0.306 e. The zero-order valence-electron chi connectivity index (χ0n) is 13.0. The van der Waals surface area contributed by atoms with Gasteiger partial charge in [0.2, 0.25) is 0 Å². The van der Waals surface area contributed by atoms with Gasteiger partial charge in [0, 0.05) is 31.3 Å². The number of aromatic nitrogens is 2. The molecule has 0 aliphatic carbocycles. The second-order valence-electron chi connectivity index (χ2n) is 5.93. The maximum absolute atomic E-state index is 11.1. The fraction of sp³-hybridized carbons (Fsp3) is 0.412. The lowest BCUT2D eigenvalue weighted by Crippen LogP contribution is -2.28. The fourth-order valence-electron chi connectivity index (χ4n) is 2.83. The number of cyclic esters (lactones) is 1. The van der Waals surface area contributed by atoms with E-state index in [9.17, 15) is 4.79 Å². The number of carbonyl (C=O) groups is 1. The minimum atomic E-state index is -0.0780. The molecule has 116 valence electrons. The molecule has 1 aromatic carbocycles. The zero-order chi connectivity index (χ0) is 15.5. The molecule has 1 aliphatic heterocycles. The van der Waals surface area contributed by atoms with Crippen molar-refractivity contribution in [2.75, 3.05) is 13.6 Å². The van der Waals surface area contributed by atoms with E-state index in [1.54, 1.807) is 0 Å². The molecule has 0 saturated carbocycles. The summed E-state index contributed by atoms with van der Waals surface area (Å²) in [7, 11) is 2.04. The Bertz CT molecular complexity index is 665. The van der Waals surface area contributed by atoms with Crippen LogP contribution < -0.4 is 0 Å². The summed E-state index contributed by atoms with van der Waals surface area (Å²) in [5, 5.41) is 4.45. The molecule has 1 saturated heterocycles. The summed E-state index contributed by atoms with van der Waals surface area (Å²) in [6, 6.07) is 8.19. The zero-order valence-corrected chi connectivity index (χ0v) is 13.0. The first kappa shape index (κ1) is 14.8. The van der Waals surface area contributed by atoms with Gasteiger partial charge in [-0.3, -0.25) is 9.69 Å². The number of carbonyl (C=O) groups excluding carboxylic acids is 1. The second kappa shape index (κ2) is 6.32. The number of rotatable bonds is 5. The first-order chi connectivity index (χ1) is 10.6. The van der Waals surface area contributed by atoms with Crippen molar-refractivity contribution < 1.29 is 9.53 Å². The molecule has 5 heteroatoms. The third-order valence-corrected chi connectivity index (χ3v) is 3.93. The molecule has 3 rings (SSSR count). The van der Waals surface area contributed by atoms with Crippen LogP contribution in [0, 0.1) is 6.92 Å². The molecule has 1 unspecified atom stereocenters. The van der Waals surface area contributed by atoms with Crippen LogP contribution in [0.25, 0.3) is 5.69 Å². The summed E-state index contributed by atoms with van der Waals surface area (Å²) in [6.45, 7) is 3.64. The Labute approximate surface area is 130 Å². The molecule has 2 heterocycles. The minimum Gasteiger partial charge on any atom is -0.461 e. The third-order valence-electron chi connectivity index (χ3n) is 3.93. The number of hydrogen-bond acceptors (Lipinski definition) is 4. The SMILES string of the molecule is Cc1ccccc1-n1cc(CN(C)CC2CCC(=O)O2)cn1. The van der Waals surface area contributed by atoms with Crippen LogP contribution in [0.15, 0.2) is 36.7 Å². The van der Waals surface area contributed by atoms with E-state index in [-0.39, 0.29) is 12.1 Å². The van der Waals surface area contributed by atoms with Crippen LogP contribution in [0.2, 0.25) is 0 Å². The lowest BCUT2D eigenvalue weighted by molar-refractivity contribution is -0.141. The standard InChI is InChI=1S/C17H21N3O2/c1-13-5-3-4-6-16(13)20-11-14(9-18-20)10-19(2)12-15-7-8-17(21)22-15/h3-6,9,11,15H,7-8,10,12H2,1-2H3. The molecule has 1 aliphatic rings. The molecule has 0 bridgehead atoms. The maximum atomic E-state index is 11.1. The molecule has 2 aromatic rings. The van der Waals surface area contributed by atoms with E-state index in [1.165, 1.54) is 5.56 Å². The molecular formula is C17H21N3O2. The Balaban J connectivity index is 1.62. The Morgan fingerprint density at radius 1 is 1.41 bits per heavy atom. The van der Waals surface area contributed by atoms with Gasteiger partial charge in [-0.1, -0.05) is 18.2 Å². The summed E-state index contributed by atoms with van der Waals surface area (Å²) < 4.78 is 7.17. The van der Waals surface area contributed by atoms with Crippen molar-refractivity contribution in [3.63, 3.8) is 0 Å².